The lowest BCUT2D eigenvalue weighted by Gasteiger charge is -2.33. The summed E-state index contributed by atoms with van der Waals surface area (Å²) in [5.41, 5.74) is 0.470. The Kier molecular flexibility index (Phi) is 4.43. The molecule has 8 heteroatoms. The molecule has 0 bridgehead atoms. The Morgan fingerprint density at radius 3 is 2.22 bits per heavy atom. The van der Waals surface area contributed by atoms with Gasteiger partial charge in [0.15, 0.2) is 0 Å². The highest BCUT2D eigenvalue weighted by molar-refractivity contribution is 6.00. The average Bonchev–Trinajstić information content (AvgIpc) is 3.30. The molecule has 0 spiro atoms. The standard InChI is InChI=1S/C19H22N4O4/c24-15-11-21(12-16(25)20-15)13-17(26)22-9-4-10-23(22)18(27)19(7-8-19)14-5-2-1-3-6-14/h1-3,5-6H,4,7-13H2,(H,20,24,25). The summed E-state index contributed by atoms with van der Waals surface area (Å²) < 4.78 is 0. The minimum absolute atomic E-state index is 0.00716. The van der Waals surface area contributed by atoms with Crippen molar-refractivity contribution in [2.24, 2.45) is 0 Å². The number of hydrazine groups is 1. The van der Waals surface area contributed by atoms with E-state index in [0.29, 0.717) is 13.1 Å². The molecular weight excluding hydrogens is 348 g/mol. The summed E-state index contributed by atoms with van der Waals surface area (Å²) in [6.07, 6.45) is 2.30. The van der Waals surface area contributed by atoms with E-state index in [4.69, 9.17) is 0 Å². The van der Waals surface area contributed by atoms with Crippen molar-refractivity contribution in [1.29, 1.82) is 0 Å². The van der Waals surface area contributed by atoms with Gasteiger partial charge in [0.1, 0.15) is 0 Å². The number of rotatable bonds is 4. The van der Waals surface area contributed by atoms with E-state index in [0.717, 1.165) is 24.8 Å². The van der Waals surface area contributed by atoms with Gasteiger partial charge >= 0.3 is 0 Å². The quantitative estimate of drug-likeness (QED) is 0.732. The highest BCUT2D eigenvalue weighted by Gasteiger charge is 2.54. The Morgan fingerprint density at radius 1 is 0.963 bits per heavy atom. The molecule has 142 valence electrons. The Morgan fingerprint density at radius 2 is 1.59 bits per heavy atom. The smallest absolute Gasteiger partial charge is 0.255 e. The van der Waals surface area contributed by atoms with Gasteiger partial charge in [-0.25, -0.2) is 0 Å². The summed E-state index contributed by atoms with van der Waals surface area (Å²) in [5.74, 6) is -1.11. The molecule has 27 heavy (non-hydrogen) atoms. The van der Waals surface area contributed by atoms with Crippen molar-refractivity contribution in [2.45, 2.75) is 24.7 Å². The van der Waals surface area contributed by atoms with Crippen LogP contribution in [0.15, 0.2) is 30.3 Å². The number of amides is 4. The van der Waals surface area contributed by atoms with Crippen LogP contribution >= 0.6 is 0 Å². The van der Waals surface area contributed by atoms with Crippen LogP contribution in [0.3, 0.4) is 0 Å². The van der Waals surface area contributed by atoms with E-state index in [9.17, 15) is 19.2 Å². The van der Waals surface area contributed by atoms with Gasteiger partial charge in [0.05, 0.1) is 25.0 Å². The zero-order chi connectivity index (χ0) is 19.0. The molecule has 2 heterocycles. The molecule has 2 saturated heterocycles. The van der Waals surface area contributed by atoms with E-state index in [2.05, 4.69) is 5.32 Å². The predicted molar refractivity (Wildman–Crippen MR) is 95.0 cm³/mol. The van der Waals surface area contributed by atoms with Crippen LogP contribution in [0.1, 0.15) is 24.8 Å². The first-order chi connectivity index (χ1) is 13.0. The van der Waals surface area contributed by atoms with Gasteiger partial charge in [-0.15, -0.1) is 0 Å². The molecule has 1 N–H and O–H groups in total. The molecule has 0 atom stereocenters. The first-order valence-electron chi connectivity index (χ1n) is 9.22. The van der Waals surface area contributed by atoms with Crippen LogP contribution in [-0.4, -0.2) is 71.3 Å². The van der Waals surface area contributed by atoms with E-state index < -0.39 is 17.2 Å². The van der Waals surface area contributed by atoms with Gasteiger partial charge in [-0.3, -0.25) is 39.4 Å². The van der Waals surface area contributed by atoms with Crippen LogP contribution in [0.4, 0.5) is 0 Å². The molecule has 0 radical (unpaired) electrons. The van der Waals surface area contributed by atoms with Gasteiger partial charge in [-0.05, 0) is 24.8 Å². The minimum atomic E-state index is -0.523. The van der Waals surface area contributed by atoms with Crippen molar-refractivity contribution in [3.63, 3.8) is 0 Å². The first-order valence-corrected chi connectivity index (χ1v) is 9.22. The van der Waals surface area contributed by atoms with E-state index in [-0.39, 0.29) is 31.4 Å². The monoisotopic (exact) mass is 370 g/mol. The van der Waals surface area contributed by atoms with Gasteiger partial charge < -0.3 is 0 Å². The molecule has 1 aliphatic carbocycles. The largest absolute Gasteiger partial charge is 0.294 e. The summed E-state index contributed by atoms with van der Waals surface area (Å²) in [5, 5.41) is 5.27. The molecule has 0 unspecified atom stereocenters. The van der Waals surface area contributed by atoms with Gasteiger partial charge in [0, 0.05) is 13.1 Å². The van der Waals surface area contributed by atoms with Crippen molar-refractivity contribution < 1.29 is 19.2 Å². The summed E-state index contributed by atoms with van der Waals surface area (Å²) in [4.78, 5) is 50.5. The second-order valence-electron chi connectivity index (χ2n) is 7.36. The fraction of sp³-hybridized carbons (Fsp3) is 0.474. The molecular formula is C19H22N4O4. The molecule has 0 aromatic heterocycles. The molecule has 4 amide bonds. The summed E-state index contributed by atoms with van der Waals surface area (Å²) >= 11 is 0. The number of nitrogens with zero attached hydrogens (tertiary/aromatic N) is 3. The number of nitrogens with one attached hydrogen (secondary N) is 1. The normalized spacial score (nSPS) is 21.9. The topological polar surface area (TPSA) is 90.0 Å². The lowest BCUT2D eigenvalue weighted by atomic mass is 9.95. The van der Waals surface area contributed by atoms with Crippen molar-refractivity contribution in [1.82, 2.24) is 20.2 Å². The minimum Gasteiger partial charge on any atom is -0.294 e. The summed E-state index contributed by atoms with van der Waals surface area (Å²) in [6, 6.07) is 9.70. The zero-order valence-electron chi connectivity index (χ0n) is 15.0. The summed E-state index contributed by atoms with van der Waals surface area (Å²) in [7, 11) is 0. The van der Waals surface area contributed by atoms with Gasteiger partial charge in [0.2, 0.25) is 11.8 Å². The van der Waals surface area contributed by atoms with Crippen molar-refractivity contribution in [3.8, 4) is 0 Å². The molecule has 3 fully saturated rings. The van der Waals surface area contributed by atoms with E-state index in [1.54, 1.807) is 5.01 Å². The van der Waals surface area contributed by atoms with Gasteiger partial charge in [0.25, 0.3) is 11.8 Å². The zero-order valence-corrected chi connectivity index (χ0v) is 15.0. The van der Waals surface area contributed by atoms with Crippen molar-refractivity contribution in [3.05, 3.63) is 35.9 Å². The Bertz CT molecular complexity index is 774. The van der Waals surface area contributed by atoms with Crippen LogP contribution in [0, 0.1) is 0 Å². The Balaban J connectivity index is 1.46. The molecule has 3 aliphatic rings. The second kappa shape index (κ2) is 6.77. The second-order valence-corrected chi connectivity index (χ2v) is 7.36. The maximum atomic E-state index is 13.2. The number of hydrogen-bond donors (Lipinski definition) is 1. The molecule has 1 aromatic rings. The molecule has 1 saturated carbocycles. The molecule has 2 aliphatic heterocycles. The number of carbonyl (C=O) groups excluding carboxylic acids is 4. The third-order valence-electron chi connectivity index (χ3n) is 5.41. The average molecular weight is 370 g/mol. The summed E-state index contributed by atoms with van der Waals surface area (Å²) in [6.45, 7) is 0.948. The van der Waals surface area contributed by atoms with Gasteiger partial charge in [-0.1, -0.05) is 30.3 Å². The highest BCUT2D eigenvalue weighted by atomic mass is 16.2. The number of imide groups is 1. The Hall–Kier alpha value is -2.74. The highest BCUT2D eigenvalue weighted by Crippen LogP contribution is 2.50. The van der Waals surface area contributed by atoms with Crippen LogP contribution < -0.4 is 5.32 Å². The SMILES string of the molecule is O=C1CN(CC(=O)N2CCCN2C(=O)C2(c3ccccc3)CC2)CC(=O)N1. The van der Waals surface area contributed by atoms with E-state index in [1.165, 1.54) is 9.91 Å². The Labute approximate surface area is 157 Å². The molecule has 4 rings (SSSR count). The maximum absolute atomic E-state index is 13.2. The predicted octanol–water partition coefficient (Wildman–Crippen LogP) is -0.347. The maximum Gasteiger partial charge on any atom is 0.255 e. The fourth-order valence-electron chi connectivity index (χ4n) is 3.92. The van der Waals surface area contributed by atoms with Crippen LogP contribution in [-0.2, 0) is 24.6 Å². The lowest BCUT2D eigenvalue weighted by Crippen LogP contribution is -2.56. The lowest BCUT2D eigenvalue weighted by molar-refractivity contribution is -0.160. The number of carbonyl (C=O) groups is 4. The number of benzene rings is 1. The van der Waals surface area contributed by atoms with Crippen molar-refractivity contribution >= 4 is 23.6 Å². The van der Waals surface area contributed by atoms with E-state index in [1.807, 2.05) is 30.3 Å². The van der Waals surface area contributed by atoms with Crippen molar-refractivity contribution in [2.75, 3.05) is 32.7 Å². The van der Waals surface area contributed by atoms with E-state index >= 15 is 0 Å². The van der Waals surface area contributed by atoms with Crippen LogP contribution in [0.25, 0.3) is 0 Å². The van der Waals surface area contributed by atoms with Gasteiger partial charge in [-0.2, -0.15) is 0 Å². The number of hydrogen-bond acceptors (Lipinski definition) is 5. The number of piperazine rings is 1. The first kappa shape index (κ1) is 17.7. The molecule has 1 aromatic carbocycles. The third-order valence-corrected chi connectivity index (χ3v) is 5.41. The van der Waals surface area contributed by atoms with Crippen LogP contribution in [0.2, 0.25) is 0 Å². The third kappa shape index (κ3) is 3.32. The molecule has 8 nitrogen and oxygen atoms in total. The fourth-order valence-corrected chi connectivity index (χ4v) is 3.92. The van der Waals surface area contributed by atoms with Crippen LogP contribution in [0.5, 0.6) is 0 Å².